The predicted octanol–water partition coefficient (Wildman–Crippen LogP) is 2.43. The van der Waals surface area contributed by atoms with Gasteiger partial charge in [-0.3, -0.25) is 0 Å². The van der Waals surface area contributed by atoms with Gasteiger partial charge in [-0.2, -0.15) is 11.8 Å². The van der Waals surface area contributed by atoms with E-state index in [0.29, 0.717) is 12.2 Å². The molecule has 3 unspecified atom stereocenters. The topological polar surface area (TPSA) is 21.3 Å². The Bertz CT molecular complexity index is 178. The molecule has 0 bridgehead atoms. The largest absolute Gasteiger partial charge is 0.374 e. The minimum Gasteiger partial charge on any atom is -0.374 e. The summed E-state index contributed by atoms with van der Waals surface area (Å²) in [4.78, 5) is 0. The second kappa shape index (κ2) is 6.12. The third-order valence-electron chi connectivity index (χ3n) is 3.34. The Balaban J connectivity index is 1.54. The van der Waals surface area contributed by atoms with Crippen LogP contribution >= 0.6 is 11.8 Å². The summed E-state index contributed by atoms with van der Waals surface area (Å²) in [5, 5.41) is 4.43. The average molecular weight is 229 g/mol. The standard InChI is InChI=1S/C12H23NOS/c1-10-5-6-11(14-10)8-13-9-12-4-2-3-7-15-12/h10-13H,2-9H2,1H3. The monoisotopic (exact) mass is 229 g/mol. The molecule has 3 heteroatoms. The molecule has 2 aliphatic rings. The quantitative estimate of drug-likeness (QED) is 0.800. The van der Waals surface area contributed by atoms with Gasteiger partial charge in [0, 0.05) is 18.3 Å². The lowest BCUT2D eigenvalue weighted by Gasteiger charge is -2.22. The molecule has 0 aromatic heterocycles. The summed E-state index contributed by atoms with van der Waals surface area (Å²) >= 11 is 2.14. The van der Waals surface area contributed by atoms with Crippen molar-refractivity contribution in [2.45, 2.75) is 56.5 Å². The first-order valence-electron chi connectivity index (χ1n) is 6.32. The van der Waals surface area contributed by atoms with Crippen LogP contribution in [0, 0.1) is 0 Å². The van der Waals surface area contributed by atoms with Gasteiger partial charge in [0.25, 0.3) is 0 Å². The number of hydrogen-bond donors (Lipinski definition) is 1. The van der Waals surface area contributed by atoms with E-state index in [9.17, 15) is 0 Å². The van der Waals surface area contributed by atoms with Crippen LogP contribution in [0.3, 0.4) is 0 Å². The van der Waals surface area contributed by atoms with Crippen molar-refractivity contribution < 1.29 is 4.74 Å². The maximum absolute atomic E-state index is 5.78. The second-order valence-corrected chi connectivity index (χ2v) is 6.20. The molecule has 0 aromatic carbocycles. The van der Waals surface area contributed by atoms with Gasteiger partial charge in [-0.05, 0) is 38.4 Å². The van der Waals surface area contributed by atoms with Crippen molar-refractivity contribution in [3.8, 4) is 0 Å². The summed E-state index contributed by atoms with van der Waals surface area (Å²) in [6, 6.07) is 0. The van der Waals surface area contributed by atoms with Gasteiger partial charge in [0.15, 0.2) is 0 Å². The maximum Gasteiger partial charge on any atom is 0.0704 e. The van der Waals surface area contributed by atoms with Gasteiger partial charge in [0.2, 0.25) is 0 Å². The lowest BCUT2D eigenvalue weighted by atomic mass is 10.2. The highest BCUT2D eigenvalue weighted by Gasteiger charge is 2.21. The summed E-state index contributed by atoms with van der Waals surface area (Å²) in [6.07, 6.45) is 7.70. The van der Waals surface area contributed by atoms with Gasteiger partial charge < -0.3 is 10.1 Å². The SMILES string of the molecule is CC1CCC(CNCC2CCCCS2)O1. The van der Waals surface area contributed by atoms with Crippen molar-refractivity contribution in [3.05, 3.63) is 0 Å². The number of hydrogen-bond acceptors (Lipinski definition) is 3. The van der Waals surface area contributed by atoms with Crippen LogP contribution in [-0.2, 0) is 4.74 Å². The van der Waals surface area contributed by atoms with Gasteiger partial charge in [-0.1, -0.05) is 6.42 Å². The third kappa shape index (κ3) is 3.97. The molecular weight excluding hydrogens is 206 g/mol. The first-order chi connectivity index (χ1) is 7.34. The summed E-state index contributed by atoms with van der Waals surface area (Å²) in [5.41, 5.74) is 0. The van der Waals surface area contributed by atoms with Crippen molar-refractivity contribution in [1.29, 1.82) is 0 Å². The molecule has 2 nitrogen and oxygen atoms in total. The average Bonchev–Trinajstić information content (AvgIpc) is 2.66. The van der Waals surface area contributed by atoms with E-state index in [2.05, 4.69) is 24.0 Å². The number of nitrogens with one attached hydrogen (secondary N) is 1. The molecule has 0 amide bonds. The summed E-state index contributed by atoms with van der Waals surface area (Å²) in [5.74, 6) is 1.36. The zero-order valence-electron chi connectivity index (χ0n) is 9.71. The van der Waals surface area contributed by atoms with Crippen molar-refractivity contribution in [1.82, 2.24) is 5.32 Å². The zero-order chi connectivity index (χ0) is 10.5. The molecule has 2 heterocycles. The Kier molecular flexibility index (Phi) is 4.79. The molecule has 88 valence electrons. The van der Waals surface area contributed by atoms with Crippen LogP contribution in [0.1, 0.15) is 39.0 Å². The van der Waals surface area contributed by atoms with Gasteiger partial charge in [0.05, 0.1) is 12.2 Å². The number of rotatable bonds is 4. The summed E-state index contributed by atoms with van der Waals surface area (Å²) in [7, 11) is 0. The number of thioether (sulfide) groups is 1. The van der Waals surface area contributed by atoms with Crippen LogP contribution in [0.25, 0.3) is 0 Å². The first kappa shape index (κ1) is 11.7. The number of ether oxygens (including phenoxy) is 1. The van der Waals surface area contributed by atoms with E-state index in [4.69, 9.17) is 4.74 Å². The highest BCUT2D eigenvalue weighted by atomic mass is 32.2. The van der Waals surface area contributed by atoms with Crippen LogP contribution in [-0.4, -0.2) is 36.3 Å². The fourth-order valence-corrected chi connectivity index (χ4v) is 3.68. The molecule has 2 rings (SSSR count). The van der Waals surface area contributed by atoms with E-state index in [1.165, 1.54) is 44.4 Å². The van der Waals surface area contributed by atoms with Crippen molar-refractivity contribution in [2.75, 3.05) is 18.8 Å². The molecular formula is C12H23NOS. The molecule has 0 radical (unpaired) electrons. The van der Waals surface area contributed by atoms with Crippen molar-refractivity contribution >= 4 is 11.8 Å². The molecule has 3 atom stereocenters. The van der Waals surface area contributed by atoms with Crippen LogP contribution in [0.4, 0.5) is 0 Å². The van der Waals surface area contributed by atoms with Crippen molar-refractivity contribution in [3.63, 3.8) is 0 Å². The van der Waals surface area contributed by atoms with E-state index in [0.717, 1.165) is 11.8 Å². The minimum absolute atomic E-state index is 0.480. The van der Waals surface area contributed by atoms with E-state index in [1.54, 1.807) is 0 Å². The van der Waals surface area contributed by atoms with Crippen LogP contribution < -0.4 is 5.32 Å². The lowest BCUT2D eigenvalue weighted by molar-refractivity contribution is 0.0562. The Morgan fingerprint density at radius 1 is 1.20 bits per heavy atom. The van der Waals surface area contributed by atoms with Crippen LogP contribution in [0.2, 0.25) is 0 Å². The maximum atomic E-state index is 5.78. The predicted molar refractivity (Wildman–Crippen MR) is 66.5 cm³/mol. The van der Waals surface area contributed by atoms with E-state index in [1.807, 2.05) is 0 Å². The lowest BCUT2D eigenvalue weighted by Crippen LogP contribution is -2.33. The third-order valence-corrected chi connectivity index (χ3v) is 4.74. The summed E-state index contributed by atoms with van der Waals surface area (Å²) in [6.45, 7) is 4.41. The molecule has 2 fully saturated rings. The molecule has 2 aliphatic heterocycles. The second-order valence-electron chi connectivity index (χ2n) is 4.79. The molecule has 1 N–H and O–H groups in total. The molecule has 2 saturated heterocycles. The normalized spacial score (nSPS) is 37.0. The molecule has 0 spiro atoms. The van der Waals surface area contributed by atoms with E-state index >= 15 is 0 Å². The highest BCUT2D eigenvalue weighted by Crippen LogP contribution is 2.24. The van der Waals surface area contributed by atoms with E-state index < -0.39 is 0 Å². The summed E-state index contributed by atoms with van der Waals surface area (Å²) < 4.78 is 5.78. The first-order valence-corrected chi connectivity index (χ1v) is 7.37. The zero-order valence-corrected chi connectivity index (χ0v) is 10.5. The Hall–Kier alpha value is 0.270. The van der Waals surface area contributed by atoms with Crippen LogP contribution in [0.15, 0.2) is 0 Å². The fraction of sp³-hybridized carbons (Fsp3) is 1.00. The van der Waals surface area contributed by atoms with Crippen molar-refractivity contribution in [2.24, 2.45) is 0 Å². The molecule has 0 saturated carbocycles. The molecule has 0 aromatic rings. The van der Waals surface area contributed by atoms with Gasteiger partial charge >= 0.3 is 0 Å². The van der Waals surface area contributed by atoms with Gasteiger partial charge in [0.1, 0.15) is 0 Å². The van der Waals surface area contributed by atoms with Crippen LogP contribution in [0.5, 0.6) is 0 Å². The fourth-order valence-electron chi connectivity index (χ4n) is 2.41. The van der Waals surface area contributed by atoms with E-state index in [-0.39, 0.29) is 0 Å². The Labute approximate surface area is 97.5 Å². The Morgan fingerprint density at radius 2 is 2.13 bits per heavy atom. The van der Waals surface area contributed by atoms with Gasteiger partial charge in [-0.15, -0.1) is 0 Å². The van der Waals surface area contributed by atoms with Gasteiger partial charge in [-0.25, -0.2) is 0 Å². The molecule has 15 heavy (non-hydrogen) atoms. The highest BCUT2D eigenvalue weighted by molar-refractivity contribution is 7.99. The minimum atomic E-state index is 0.480. The Morgan fingerprint density at radius 3 is 2.80 bits per heavy atom. The smallest absolute Gasteiger partial charge is 0.0704 e. The molecule has 0 aliphatic carbocycles.